The van der Waals surface area contributed by atoms with Crippen molar-refractivity contribution >= 4 is 24.1 Å². The number of likely N-dealkylation sites (N-methyl/N-ethyl adjacent to an activating group) is 1. The van der Waals surface area contributed by atoms with Crippen LogP contribution < -0.4 is 10.6 Å². The van der Waals surface area contributed by atoms with Crippen molar-refractivity contribution in [2.75, 3.05) is 25.5 Å². The van der Waals surface area contributed by atoms with Crippen LogP contribution in [0.3, 0.4) is 0 Å². The molecule has 1 aliphatic rings. The highest BCUT2D eigenvalue weighted by Gasteiger charge is 2.22. The first kappa shape index (κ1) is 15.8. The van der Waals surface area contributed by atoms with E-state index in [9.17, 15) is 4.79 Å². The maximum Gasteiger partial charge on any atom is 0.321 e. The molecule has 0 unspecified atom stereocenters. The number of piperidine rings is 1. The van der Waals surface area contributed by atoms with Crippen LogP contribution in [0.5, 0.6) is 0 Å². The predicted molar refractivity (Wildman–Crippen MR) is 81.1 cm³/mol. The number of amides is 2. The second kappa shape index (κ2) is 7.36. The van der Waals surface area contributed by atoms with Crippen molar-refractivity contribution in [3.05, 3.63) is 29.8 Å². The maximum atomic E-state index is 12.1. The number of anilines is 1. The summed E-state index contributed by atoms with van der Waals surface area (Å²) in [4.78, 5) is 14.0. The number of aryl methyl sites for hydroxylation is 1. The molecule has 0 aliphatic carbocycles. The second-order valence-corrected chi connectivity index (χ2v) is 4.87. The van der Waals surface area contributed by atoms with E-state index >= 15 is 0 Å². The Balaban J connectivity index is 0.00000180. The highest BCUT2D eigenvalue weighted by molar-refractivity contribution is 5.89. The summed E-state index contributed by atoms with van der Waals surface area (Å²) in [5, 5.41) is 6.20. The number of rotatable bonds is 2. The topological polar surface area (TPSA) is 44.4 Å². The van der Waals surface area contributed by atoms with Gasteiger partial charge in [0.25, 0.3) is 0 Å². The average molecular weight is 284 g/mol. The normalized spacial score (nSPS) is 18.6. The molecule has 106 valence electrons. The number of nitrogens with one attached hydrogen (secondary N) is 2. The van der Waals surface area contributed by atoms with E-state index in [2.05, 4.69) is 10.6 Å². The van der Waals surface area contributed by atoms with Gasteiger partial charge < -0.3 is 15.5 Å². The lowest BCUT2D eigenvalue weighted by molar-refractivity contribution is 0.187. The first-order valence-electron chi connectivity index (χ1n) is 6.49. The van der Waals surface area contributed by atoms with Gasteiger partial charge in [-0.3, -0.25) is 0 Å². The minimum absolute atomic E-state index is 0. The number of carbonyl (C=O) groups is 1. The van der Waals surface area contributed by atoms with Gasteiger partial charge in [0.15, 0.2) is 0 Å². The average Bonchev–Trinajstić information content (AvgIpc) is 2.39. The molecule has 1 heterocycles. The van der Waals surface area contributed by atoms with E-state index in [0.29, 0.717) is 6.04 Å². The number of benzene rings is 1. The summed E-state index contributed by atoms with van der Waals surface area (Å²) in [5.41, 5.74) is 2.02. The van der Waals surface area contributed by atoms with Crippen LogP contribution in [0.4, 0.5) is 10.5 Å². The lowest BCUT2D eigenvalue weighted by Crippen LogP contribution is -2.48. The molecule has 19 heavy (non-hydrogen) atoms. The number of likely N-dealkylation sites (tertiary alicyclic amines) is 1. The first-order valence-corrected chi connectivity index (χ1v) is 6.49. The van der Waals surface area contributed by atoms with E-state index < -0.39 is 0 Å². The molecule has 1 aromatic rings. The van der Waals surface area contributed by atoms with E-state index in [1.165, 1.54) is 0 Å². The summed E-state index contributed by atoms with van der Waals surface area (Å²) in [6.07, 6.45) is 2.21. The molecule has 0 aromatic heterocycles. The monoisotopic (exact) mass is 283 g/mol. The molecular weight excluding hydrogens is 262 g/mol. The molecule has 2 amide bonds. The summed E-state index contributed by atoms with van der Waals surface area (Å²) >= 11 is 0. The maximum absolute atomic E-state index is 12.1. The van der Waals surface area contributed by atoms with Crippen molar-refractivity contribution in [2.24, 2.45) is 0 Å². The Labute approximate surface area is 121 Å². The zero-order valence-corrected chi connectivity index (χ0v) is 12.3. The van der Waals surface area contributed by atoms with Crippen molar-refractivity contribution in [2.45, 2.75) is 25.8 Å². The molecule has 1 aromatic carbocycles. The van der Waals surface area contributed by atoms with Gasteiger partial charge in [-0.2, -0.15) is 0 Å². The fourth-order valence-electron chi connectivity index (χ4n) is 2.32. The third-order valence-electron chi connectivity index (χ3n) is 3.39. The van der Waals surface area contributed by atoms with Crippen molar-refractivity contribution in [1.29, 1.82) is 0 Å². The molecule has 1 saturated heterocycles. The van der Waals surface area contributed by atoms with E-state index in [1.807, 2.05) is 43.1 Å². The molecule has 0 bridgehead atoms. The van der Waals surface area contributed by atoms with E-state index in [0.717, 1.165) is 37.2 Å². The van der Waals surface area contributed by atoms with Crippen LogP contribution in [-0.4, -0.2) is 37.1 Å². The minimum Gasteiger partial charge on any atom is -0.323 e. The molecular formula is C14H22ClN3O. The molecule has 2 N–H and O–H groups in total. The first-order chi connectivity index (χ1) is 8.69. The van der Waals surface area contributed by atoms with Crippen LogP contribution in [0, 0.1) is 6.92 Å². The Kier molecular flexibility index (Phi) is 6.12. The number of hydrogen-bond acceptors (Lipinski definition) is 2. The Hall–Kier alpha value is -1.26. The van der Waals surface area contributed by atoms with Crippen molar-refractivity contribution in [1.82, 2.24) is 10.2 Å². The van der Waals surface area contributed by atoms with Crippen LogP contribution in [0.15, 0.2) is 24.3 Å². The molecule has 1 fully saturated rings. The van der Waals surface area contributed by atoms with Gasteiger partial charge in [0.2, 0.25) is 0 Å². The van der Waals surface area contributed by atoms with Gasteiger partial charge in [-0.1, -0.05) is 12.1 Å². The van der Waals surface area contributed by atoms with Crippen molar-refractivity contribution in [3.63, 3.8) is 0 Å². The Morgan fingerprint density at radius 1 is 1.42 bits per heavy atom. The Morgan fingerprint density at radius 2 is 2.21 bits per heavy atom. The summed E-state index contributed by atoms with van der Waals surface area (Å²) in [6.45, 7) is 3.65. The summed E-state index contributed by atoms with van der Waals surface area (Å²) in [7, 11) is 1.95. The fourth-order valence-corrected chi connectivity index (χ4v) is 2.32. The van der Waals surface area contributed by atoms with Crippen LogP contribution in [-0.2, 0) is 0 Å². The largest absolute Gasteiger partial charge is 0.323 e. The van der Waals surface area contributed by atoms with Gasteiger partial charge in [0, 0.05) is 24.8 Å². The molecule has 5 heteroatoms. The van der Waals surface area contributed by atoms with Crippen LogP contribution in [0.1, 0.15) is 18.4 Å². The lowest BCUT2D eigenvalue weighted by Gasteiger charge is -2.32. The third kappa shape index (κ3) is 4.40. The molecule has 2 rings (SSSR count). The summed E-state index contributed by atoms with van der Waals surface area (Å²) in [6, 6.07) is 8.30. The number of nitrogens with zero attached hydrogens (tertiary/aromatic N) is 1. The van der Waals surface area contributed by atoms with Gasteiger partial charge >= 0.3 is 6.03 Å². The summed E-state index contributed by atoms with van der Waals surface area (Å²) in [5.74, 6) is 0. The minimum atomic E-state index is 0. The highest BCUT2D eigenvalue weighted by Crippen LogP contribution is 2.14. The number of carbonyl (C=O) groups excluding carboxylic acids is 1. The van der Waals surface area contributed by atoms with E-state index in [4.69, 9.17) is 0 Å². The summed E-state index contributed by atoms with van der Waals surface area (Å²) < 4.78 is 0. The molecule has 1 aliphatic heterocycles. The SMILES string of the molecule is CN[C@@H]1CCCN(C(=O)Nc2cccc(C)c2)C1.Cl. The zero-order valence-electron chi connectivity index (χ0n) is 11.5. The zero-order chi connectivity index (χ0) is 13.0. The quantitative estimate of drug-likeness (QED) is 0.876. The molecule has 0 saturated carbocycles. The number of urea groups is 1. The molecule has 0 radical (unpaired) electrons. The van der Waals surface area contributed by atoms with Crippen LogP contribution in [0.2, 0.25) is 0 Å². The van der Waals surface area contributed by atoms with Gasteiger partial charge in [-0.05, 0) is 44.5 Å². The van der Waals surface area contributed by atoms with Crippen LogP contribution in [0.25, 0.3) is 0 Å². The van der Waals surface area contributed by atoms with E-state index in [1.54, 1.807) is 0 Å². The highest BCUT2D eigenvalue weighted by atomic mass is 35.5. The Morgan fingerprint density at radius 3 is 2.89 bits per heavy atom. The van der Waals surface area contributed by atoms with Crippen molar-refractivity contribution < 1.29 is 4.79 Å². The standard InChI is InChI=1S/C14H21N3O.ClH/c1-11-5-3-6-12(9-11)16-14(18)17-8-4-7-13(10-17)15-2;/h3,5-6,9,13,15H,4,7-8,10H2,1-2H3,(H,16,18);1H/t13-;/m1./s1. The molecule has 1 atom stereocenters. The fraction of sp³-hybridized carbons (Fsp3) is 0.500. The second-order valence-electron chi connectivity index (χ2n) is 4.87. The van der Waals surface area contributed by atoms with Crippen molar-refractivity contribution in [3.8, 4) is 0 Å². The van der Waals surface area contributed by atoms with Gasteiger partial charge in [-0.25, -0.2) is 4.79 Å². The van der Waals surface area contributed by atoms with Gasteiger partial charge in [0.05, 0.1) is 0 Å². The van der Waals surface area contributed by atoms with Gasteiger partial charge in [0.1, 0.15) is 0 Å². The van der Waals surface area contributed by atoms with Crippen LogP contribution >= 0.6 is 12.4 Å². The third-order valence-corrected chi connectivity index (χ3v) is 3.39. The predicted octanol–water partition coefficient (Wildman–Crippen LogP) is 2.63. The van der Waals surface area contributed by atoms with Gasteiger partial charge in [-0.15, -0.1) is 12.4 Å². The smallest absolute Gasteiger partial charge is 0.321 e. The molecule has 4 nitrogen and oxygen atoms in total. The lowest BCUT2D eigenvalue weighted by atomic mass is 10.1. The van der Waals surface area contributed by atoms with E-state index in [-0.39, 0.29) is 18.4 Å². The Bertz CT molecular complexity index is 425. The molecule has 0 spiro atoms. The number of hydrogen-bond donors (Lipinski definition) is 2. The number of halogens is 1.